The third kappa shape index (κ3) is 3.15. The lowest BCUT2D eigenvalue weighted by Gasteiger charge is -2.21. The zero-order valence-electron chi connectivity index (χ0n) is 9.65. The lowest BCUT2D eigenvalue weighted by Crippen LogP contribution is -2.36. The van der Waals surface area contributed by atoms with Gasteiger partial charge >= 0.3 is 0 Å². The van der Waals surface area contributed by atoms with Crippen LogP contribution >= 0.6 is 0 Å². The molecule has 18 heavy (non-hydrogen) atoms. The Morgan fingerprint density at radius 1 is 1.33 bits per heavy atom. The molecule has 0 aliphatic carbocycles. The van der Waals surface area contributed by atoms with Crippen molar-refractivity contribution in [3.05, 3.63) is 18.5 Å². The van der Waals surface area contributed by atoms with Crippen molar-refractivity contribution in [2.75, 3.05) is 31.7 Å². The lowest BCUT2D eigenvalue weighted by atomic mass is 10.4. The van der Waals surface area contributed by atoms with Crippen LogP contribution in [0.1, 0.15) is 0 Å². The van der Waals surface area contributed by atoms with Crippen LogP contribution in [0.25, 0.3) is 0 Å². The highest BCUT2D eigenvalue weighted by molar-refractivity contribution is 7.89. The molecular formula is C9H16N4O4S. The van der Waals surface area contributed by atoms with Gasteiger partial charge in [-0.3, -0.25) is 10.8 Å². The third-order valence-electron chi connectivity index (χ3n) is 2.26. The maximum atomic E-state index is 12.3. The van der Waals surface area contributed by atoms with Crippen molar-refractivity contribution in [1.29, 1.82) is 0 Å². The first kappa shape index (κ1) is 14.8. The van der Waals surface area contributed by atoms with Crippen LogP contribution < -0.4 is 11.3 Å². The fraction of sp³-hybridized carbons (Fsp3) is 0.444. The molecule has 0 radical (unpaired) electrons. The molecule has 1 aromatic heterocycles. The molecule has 8 nitrogen and oxygen atoms in total. The summed E-state index contributed by atoms with van der Waals surface area (Å²) in [5, 5.41) is 17.7. The van der Waals surface area contributed by atoms with Gasteiger partial charge in [0.05, 0.1) is 18.9 Å². The molecule has 5 N–H and O–H groups in total. The van der Waals surface area contributed by atoms with Crippen LogP contribution in [0.5, 0.6) is 0 Å². The molecule has 0 amide bonds. The van der Waals surface area contributed by atoms with Crippen LogP contribution in [-0.4, -0.2) is 54.2 Å². The first-order chi connectivity index (χ1) is 8.57. The zero-order chi connectivity index (χ0) is 13.6. The Hall–Kier alpha value is -1.26. The Labute approximate surface area is 105 Å². The van der Waals surface area contributed by atoms with Crippen LogP contribution in [0, 0.1) is 0 Å². The number of pyridine rings is 1. The highest BCUT2D eigenvalue weighted by atomic mass is 32.2. The van der Waals surface area contributed by atoms with Crippen LogP contribution in [0.15, 0.2) is 23.4 Å². The number of nitrogens with zero attached hydrogens (tertiary/aromatic N) is 2. The van der Waals surface area contributed by atoms with E-state index in [1.165, 1.54) is 12.3 Å². The third-order valence-corrected chi connectivity index (χ3v) is 4.18. The van der Waals surface area contributed by atoms with Crippen LogP contribution in [-0.2, 0) is 10.0 Å². The monoisotopic (exact) mass is 276 g/mol. The number of aliphatic hydroxyl groups is 2. The number of hydrogen-bond acceptors (Lipinski definition) is 7. The molecule has 0 bridgehead atoms. The number of rotatable bonds is 7. The SMILES string of the molecule is NNc1ccncc1S(=O)(=O)N(CCO)CCO. The summed E-state index contributed by atoms with van der Waals surface area (Å²) in [7, 11) is -3.86. The van der Waals surface area contributed by atoms with Gasteiger partial charge in [-0.05, 0) is 6.07 Å². The number of hydrazine groups is 1. The van der Waals surface area contributed by atoms with Crippen molar-refractivity contribution < 1.29 is 18.6 Å². The second-order valence-corrected chi connectivity index (χ2v) is 5.27. The van der Waals surface area contributed by atoms with E-state index in [1.807, 2.05) is 0 Å². The highest BCUT2D eigenvalue weighted by Gasteiger charge is 2.26. The largest absolute Gasteiger partial charge is 0.395 e. The number of aromatic nitrogens is 1. The number of nitrogen functional groups attached to an aromatic ring is 1. The molecule has 0 aliphatic heterocycles. The van der Waals surface area contributed by atoms with Gasteiger partial charge in [-0.1, -0.05) is 0 Å². The van der Waals surface area contributed by atoms with E-state index in [0.29, 0.717) is 0 Å². The number of sulfonamides is 1. The summed E-state index contributed by atoms with van der Waals surface area (Å²) < 4.78 is 25.5. The first-order valence-electron chi connectivity index (χ1n) is 5.20. The summed E-state index contributed by atoms with van der Waals surface area (Å²) in [6.45, 7) is -0.903. The van der Waals surface area contributed by atoms with Gasteiger partial charge < -0.3 is 15.6 Å². The van der Waals surface area contributed by atoms with Gasteiger partial charge in [-0.25, -0.2) is 8.42 Å². The van der Waals surface area contributed by atoms with Crippen molar-refractivity contribution in [2.24, 2.45) is 5.84 Å². The molecule has 0 unspecified atom stereocenters. The molecule has 0 aromatic carbocycles. The molecule has 0 saturated carbocycles. The maximum absolute atomic E-state index is 12.3. The maximum Gasteiger partial charge on any atom is 0.246 e. The standard InChI is InChI=1S/C9H16N4O4S/c10-12-8-1-2-11-7-9(8)18(16,17)13(3-5-14)4-6-15/h1-2,7,14-15H,3-6,10H2,(H,11,12). The summed E-state index contributed by atoms with van der Waals surface area (Å²) in [5.41, 5.74) is 2.47. The predicted molar refractivity (Wildman–Crippen MR) is 65.0 cm³/mol. The fourth-order valence-electron chi connectivity index (χ4n) is 1.42. The normalized spacial score (nSPS) is 11.8. The summed E-state index contributed by atoms with van der Waals surface area (Å²) in [6.07, 6.45) is 2.56. The van der Waals surface area contributed by atoms with Crippen LogP contribution in [0.3, 0.4) is 0 Å². The van der Waals surface area contributed by atoms with Crippen molar-refractivity contribution in [3.8, 4) is 0 Å². The first-order valence-corrected chi connectivity index (χ1v) is 6.64. The highest BCUT2D eigenvalue weighted by Crippen LogP contribution is 2.22. The van der Waals surface area contributed by atoms with Gasteiger partial charge in [0.25, 0.3) is 0 Å². The summed E-state index contributed by atoms with van der Waals surface area (Å²) in [5.74, 6) is 5.24. The average Bonchev–Trinajstić information content (AvgIpc) is 2.38. The van der Waals surface area contributed by atoms with Crippen LogP contribution in [0.4, 0.5) is 5.69 Å². The van der Waals surface area contributed by atoms with Crippen LogP contribution in [0.2, 0.25) is 0 Å². The van der Waals surface area contributed by atoms with E-state index in [1.54, 1.807) is 0 Å². The smallest absolute Gasteiger partial charge is 0.246 e. The molecule has 1 rings (SSSR count). The van der Waals surface area contributed by atoms with E-state index in [0.717, 1.165) is 10.5 Å². The molecule has 0 saturated heterocycles. The second-order valence-electron chi connectivity index (χ2n) is 3.37. The van der Waals surface area contributed by atoms with Crippen molar-refractivity contribution in [3.63, 3.8) is 0 Å². The van der Waals surface area contributed by atoms with Gasteiger partial charge in [0.2, 0.25) is 10.0 Å². The average molecular weight is 276 g/mol. The molecule has 0 atom stereocenters. The Kier molecular flexibility index (Phi) is 5.44. The summed E-state index contributed by atoms with van der Waals surface area (Å²) >= 11 is 0. The Bertz CT molecular complexity index is 473. The predicted octanol–water partition coefficient (Wildman–Crippen LogP) is -1.66. The van der Waals surface area contributed by atoms with Gasteiger partial charge in [0, 0.05) is 25.5 Å². The Balaban J connectivity index is 3.17. The van der Waals surface area contributed by atoms with Gasteiger partial charge in [0.15, 0.2) is 0 Å². The van der Waals surface area contributed by atoms with Crippen molar-refractivity contribution in [1.82, 2.24) is 9.29 Å². The summed E-state index contributed by atoms with van der Waals surface area (Å²) in [4.78, 5) is 3.63. The van der Waals surface area contributed by atoms with Crippen molar-refractivity contribution in [2.45, 2.75) is 4.90 Å². The van der Waals surface area contributed by atoms with E-state index in [-0.39, 0.29) is 36.9 Å². The molecule has 0 fully saturated rings. The molecule has 0 aliphatic rings. The number of hydrogen-bond donors (Lipinski definition) is 4. The lowest BCUT2D eigenvalue weighted by molar-refractivity contribution is 0.217. The molecular weight excluding hydrogens is 260 g/mol. The minimum absolute atomic E-state index is 0.102. The number of nitrogens with one attached hydrogen (secondary N) is 1. The summed E-state index contributed by atoms with van der Waals surface area (Å²) in [6, 6.07) is 1.42. The van der Waals surface area contributed by atoms with E-state index in [9.17, 15) is 8.42 Å². The van der Waals surface area contributed by atoms with Gasteiger partial charge in [-0.2, -0.15) is 4.31 Å². The molecule has 1 heterocycles. The molecule has 102 valence electrons. The van der Waals surface area contributed by atoms with E-state index in [4.69, 9.17) is 16.1 Å². The number of nitrogens with two attached hydrogens (primary N) is 1. The van der Waals surface area contributed by atoms with Gasteiger partial charge in [-0.15, -0.1) is 0 Å². The fourth-order valence-corrected chi connectivity index (χ4v) is 2.94. The Morgan fingerprint density at radius 3 is 2.44 bits per heavy atom. The molecule has 9 heteroatoms. The molecule has 1 aromatic rings. The quantitative estimate of drug-likeness (QED) is 0.346. The topological polar surface area (TPSA) is 129 Å². The number of anilines is 1. The van der Waals surface area contributed by atoms with Gasteiger partial charge in [0.1, 0.15) is 4.90 Å². The second kappa shape index (κ2) is 6.61. The minimum atomic E-state index is -3.86. The van der Waals surface area contributed by atoms with Crippen molar-refractivity contribution >= 4 is 15.7 Å². The van der Waals surface area contributed by atoms with E-state index in [2.05, 4.69) is 10.4 Å². The number of aliphatic hydroxyl groups excluding tert-OH is 2. The van der Waals surface area contributed by atoms with E-state index >= 15 is 0 Å². The molecule has 0 spiro atoms. The van der Waals surface area contributed by atoms with E-state index < -0.39 is 10.0 Å². The minimum Gasteiger partial charge on any atom is -0.395 e. The zero-order valence-corrected chi connectivity index (χ0v) is 10.5. The Morgan fingerprint density at radius 2 is 1.94 bits per heavy atom.